The fourth-order valence-electron chi connectivity index (χ4n) is 4.14. The molecule has 1 heterocycles. The van der Waals surface area contributed by atoms with E-state index in [4.69, 9.17) is 5.73 Å². The predicted molar refractivity (Wildman–Crippen MR) is 122 cm³/mol. The van der Waals surface area contributed by atoms with Gasteiger partial charge >= 0.3 is 0 Å². The van der Waals surface area contributed by atoms with Gasteiger partial charge in [0.15, 0.2) is 6.67 Å². The van der Waals surface area contributed by atoms with Crippen molar-refractivity contribution in [3.05, 3.63) is 35.9 Å². The molecule has 4 atom stereocenters. The first-order chi connectivity index (χ1) is 15.2. The standard InChI is InChI=1S/C24H37FN4O3/c1-5-20(26)23(31)27-22(16(2)3)24(32)28-13-9-12-19(28)15-29(21(30)14-25)17(4)18-10-7-6-8-11-18/h6-8,10-11,16-17,19-20,22H,5,9,12-15,26H2,1-4H3,(H,27,31)/t17-,19+,20+,22+/m1/s1. The van der Waals surface area contributed by atoms with Crippen LogP contribution in [0.4, 0.5) is 4.39 Å². The van der Waals surface area contributed by atoms with E-state index in [9.17, 15) is 18.8 Å². The van der Waals surface area contributed by atoms with Gasteiger partial charge in [0.2, 0.25) is 11.8 Å². The highest BCUT2D eigenvalue weighted by molar-refractivity contribution is 5.90. The Labute approximate surface area is 190 Å². The fourth-order valence-corrected chi connectivity index (χ4v) is 4.14. The summed E-state index contributed by atoms with van der Waals surface area (Å²) in [5, 5.41) is 2.80. The molecule has 1 aliphatic rings. The number of likely N-dealkylation sites (tertiary alicyclic amines) is 1. The minimum Gasteiger partial charge on any atom is -0.343 e. The molecular formula is C24H37FN4O3. The number of rotatable bonds is 10. The molecule has 3 amide bonds. The van der Waals surface area contributed by atoms with Gasteiger partial charge in [0.05, 0.1) is 12.1 Å². The Morgan fingerprint density at radius 1 is 1.22 bits per heavy atom. The summed E-state index contributed by atoms with van der Waals surface area (Å²) < 4.78 is 13.4. The number of carbonyl (C=O) groups is 3. The molecule has 1 aromatic rings. The molecule has 0 radical (unpaired) electrons. The number of amides is 3. The average Bonchev–Trinajstić information content (AvgIpc) is 3.27. The molecule has 1 aromatic carbocycles. The Kier molecular flexibility index (Phi) is 9.62. The quantitative estimate of drug-likeness (QED) is 0.575. The van der Waals surface area contributed by atoms with Gasteiger partial charge in [-0.1, -0.05) is 51.1 Å². The van der Waals surface area contributed by atoms with E-state index in [1.54, 1.807) is 4.90 Å². The van der Waals surface area contributed by atoms with Gasteiger partial charge in [0, 0.05) is 19.1 Å². The van der Waals surface area contributed by atoms with Gasteiger partial charge in [-0.25, -0.2) is 4.39 Å². The van der Waals surface area contributed by atoms with E-state index in [0.717, 1.165) is 18.4 Å². The van der Waals surface area contributed by atoms with Crippen LogP contribution in [0.5, 0.6) is 0 Å². The van der Waals surface area contributed by atoms with Gasteiger partial charge in [-0.15, -0.1) is 0 Å². The van der Waals surface area contributed by atoms with Crippen LogP contribution in [0.3, 0.4) is 0 Å². The van der Waals surface area contributed by atoms with Crippen LogP contribution >= 0.6 is 0 Å². The molecule has 1 aliphatic heterocycles. The van der Waals surface area contributed by atoms with E-state index < -0.39 is 24.7 Å². The van der Waals surface area contributed by atoms with Crippen molar-refractivity contribution in [3.8, 4) is 0 Å². The molecule has 0 aromatic heterocycles. The van der Waals surface area contributed by atoms with Gasteiger partial charge in [0.25, 0.3) is 5.91 Å². The molecule has 0 unspecified atom stereocenters. The number of halogens is 1. The zero-order chi connectivity index (χ0) is 23.8. The molecule has 0 aliphatic carbocycles. The second kappa shape index (κ2) is 11.9. The number of benzene rings is 1. The summed E-state index contributed by atoms with van der Waals surface area (Å²) >= 11 is 0. The van der Waals surface area contributed by atoms with E-state index in [2.05, 4.69) is 5.32 Å². The Hall–Kier alpha value is -2.48. The van der Waals surface area contributed by atoms with Crippen LogP contribution in [-0.4, -0.2) is 65.4 Å². The molecule has 7 nitrogen and oxygen atoms in total. The summed E-state index contributed by atoms with van der Waals surface area (Å²) in [5.41, 5.74) is 6.74. The topological polar surface area (TPSA) is 95.7 Å². The first-order valence-electron chi connectivity index (χ1n) is 11.5. The van der Waals surface area contributed by atoms with Crippen molar-refractivity contribution in [2.45, 2.75) is 71.1 Å². The average molecular weight is 449 g/mol. The summed E-state index contributed by atoms with van der Waals surface area (Å²) in [6.07, 6.45) is 1.99. The Balaban J connectivity index is 2.19. The van der Waals surface area contributed by atoms with E-state index in [1.165, 1.54) is 4.90 Å². The molecule has 0 bridgehead atoms. The highest BCUT2D eigenvalue weighted by Crippen LogP contribution is 2.26. The van der Waals surface area contributed by atoms with Crippen LogP contribution in [0.1, 0.15) is 58.6 Å². The maximum Gasteiger partial charge on any atom is 0.254 e. The van der Waals surface area contributed by atoms with Gasteiger partial charge in [-0.05, 0) is 37.7 Å². The lowest BCUT2D eigenvalue weighted by molar-refractivity contribution is -0.141. The number of nitrogens with zero attached hydrogens (tertiary/aromatic N) is 2. The molecule has 0 spiro atoms. The van der Waals surface area contributed by atoms with Crippen molar-refractivity contribution < 1.29 is 18.8 Å². The fraction of sp³-hybridized carbons (Fsp3) is 0.625. The maximum absolute atomic E-state index is 13.4. The number of hydrogen-bond donors (Lipinski definition) is 2. The molecule has 1 saturated heterocycles. The highest BCUT2D eigenvalue weighted by Gasteiger charge is 2.37. The molecule has 8 heteroatoms. The number of alkyl halides is 1. The predicted octanol–water partition coefficient (Wildman–Crippen LogP) is 2.41. The van der Waals surface area contributed by atoms with Crippen LogP contribution in [-0.2, 0) is 14.4 Å². The smallest absolute Gasteiger partial charge is 0.254 e. The van der Waals surface area contributed by atoms with Crippen molar-refractivity contribution in [1.82, 2.24) is 15.1 Å². The van der Waals surface area contributed by atoms with Gasteiger partial charge in [-0.2, -0.15) is 0 Å². The van der Waals surface area contributed by atoms with E-state index in [1.807, 2.05) is 58.0 Å². The summed E-state index contributed by atoms with van der Waals surface area (Å²) in [6.45, 7) is 7.14. The van der Waals surface area contributed by atoms with Crippen molar-refractivity contribution in [1.29, 1.82) is 0 Å². The van der Waals surface area contributed by atoms with Crippen molar-refractivity contribution in [3.63, 3.8) is 0 Å². The minimum atomic E-state index is -1.09. The van der Waals surface area contributed by atoms with E-state index in [0.29, 0.717) is 13.0 Å². The van der Waals surface area contributed by atoms with Crippen molar-refractivity contribution in [2.75, 3.05) is 19.8 Å². The molecular weight excluding hydrogens is 411 g/mol. The second-order valence-corrected chi connectivity index (χ2v) is 8.84. The third kappa shape index (κ3) is 6.28. The Bertz CT molecular complexity index is 774. The summed E-state index contributed by atoms with van der Waals surface area (Å²) in [4.78, 5) is 41.5. The molecule has 1 fully saturated rings. The summed E-state index contributed by atoms with van der Waals surface area (Å²) in [5.74, 6) is -1.24. The summed E-state index contributed by atoms with van der Waals surface area (Å²) in [7, 11) is 0. The monoisotopic (exact) mass is 448 g/mol. The van der Waals surface area contributed by atoms with Crippen LogP contribution in [0.25, 0.3) is 0 Å². The van der Waals surface area contributed by atoms with Gasteiger partial charge in [0.1, 0.15) is 6.04 Å². The number of hydrogen-bond acceptors (Lipinski definition) is 4. The lowest BCUT2D eigenvalue weighted by Gasteiger charge is -2.36. The van der Waals surface area contributed by atoms with E-state index in [-0.39, 0.29) is 36.4 Å². The van der Waals surface area contributed by atoms with Gasteiger partial charge in [-0.3, -0.25) is 14.4 Å². The minimum absolute atomic E-state index is 0.122. The molecule has 178 valence electrons. The first-order valence-corrected chi connectivity index (χ1v) is 11.5. The zero-order valence-electron chi connectivity index (χ0n) is 19.6. The number of nitrogens with one attached hydrogen (secondary N) is 1. The molecule has 0 saturated carbocycles. The van der Waals surface area contributed by atoms with E-state index >= 15 is 0 Å². The van der Waals surface area contributed by atoms with Crippen LogP contribution in [0, 0.1) is 5.92 Å². The molecule has 32 heavy (non-hydrogen) atoms. The highest BCUT2D eigenvalue weighted by atomic mass is 19.1. The third-order valence-electron chi connectivity index (χ3n) is 6.26. The van der Waals surface area contributed by atoms with Crippen molar-refractivity contribution in [2.24, 2.45) is 11.7 Å². The second-order valence-electron chi connectivity index (χ2n) is 8.84. The van der Waals surface area contributed by atoms with Gasteiger partial charge < -0.3 is 20.9 Å². The SMILES string of the molecule is CC[C@H](N)C(=O)N[C@H](C(=O)N1CCC[C@H]1CN(C(=O)CF)[C@H](C)c1ccccc1)C(C)C. The third-order valence-corrected chi connectivity index (χ3v) is 6.26. The van der Waals surface area contributed by atoms with Crippen LogP contribution in [0.15, 0.2) is 30.3 Å². The molecule has 3 N–H and O–H groups in total. The first kappa shape index (κ1) is 25.8. The van der Waals surface area contributed by atoms with Crippen LogP contribution < -0.4 is 11.1 Å². The lowest BCUT2D eigenvalue weighted by Crippen LogP contribution is -2.56. The maximum atomic E-state index is 13.4. The lowest BCUT2D eigenvalue weighted by atomic mass is 10.0. The number of carbonyl (C=O) groups excluding carboxylic acids is 3. The van der Waals surface area contributed by atoms with Crippen LogP contribution in [0.2, 0.25) is 0 Å². The zero-order valence-corrected chi connectivity index (χ0v) is 19.6. The largest absolute Gasteiger partial charge is 0.343 e. The Morgan fingerprint density at radius 2 is 1.88 bits per heavy atom. The van der Waals surface area contributed by atoms with Crippen molar-refractivity contribution >= 4 is 17.7 Å². The Morgan fingerprint density at radius 3 is 2.44 bits per heavy atom. The summed E-state index contributed by atoms with van der Waals surface area (Å²) in [6, 6.07) is 7.55. The normalized spacial score (nSPS) is 18.8. The number of nitrogens with two attached hydrogens (primary N) is 1. The molecule has 2 rings (SSSR count).